The molecule has 148 valence electrons. The van der Waals surface area contributed by atoms with Crippen LogP contribution in [0.1, 0.15) is 11.5 Å². The molecule has 5 heterocycles. The lowest BCUT2D eigenvalue weighted by Gasteiger charge is -2.28. The number of fused-ring (bicyclic) bond motifs is 1. The second-order valence-corrected chi connectivity index (χ2v) is 6.88. The van der Waals surface area contributed by atoms with Gasteiger partial charge in [-0.05, 0) is 11.6 Å². The van der Waals surface area contributed by atoms with E-state index < -0.39 is 0 Å². The number of hydrogen-bond acceptors (Lipinski definition) is 10. The Labute approximate surface area is 171 Å². The normalized spacial score (nSPS) is 14.6. The van der Waals surface area contributed by atoms with E-state index in [0.717, 1.165) is 30.0 Å². The van der Waals surface area contributed by atoms with Gasteiger partial charge in [-0.15, -0.1) is 10.2 Å². The second-order valence-electron chi connectivity index (χ2n) is 6.56. The highest BCUT2D eigenvalue weighted by Crippen LogP contribution is 2.30. The SMILES string of the molecule is Cc1nnc(-c2cc(CS)c3nc(-n4ccnc4)nc(N4CCOCC4)c3n2)o1. The Morgan fingerprint density at radius 2 is 1.97 bits per heavy atom. The van der Waals surface area contributed by atoms with Gasteiger partial charge >= 0.3 is 0 Å². The summed E-state index contributed by atoms with van der Waals surface area (Å²) >= 11 is 4.51. The largest absolute Gasteiger partial charge is 0.420 e. The molecule has 0 spiro atoms. The number of imidazole rings is 1. The van der Waals surface area contributed by atoms with Gasteiger partial charge in [-0.25, -0.2) is 15.0 Å². The highest BCUT2D eigenvalue weighted by Gasteiger charge is 2.22. The molecule has 5 rings (SSSR count). The van der Waals surface area contributed by atoms with Gasteiger partial charge in [0, 0.05) is 38.2 Å². The average Bonchev–Trinajstić information content (AvgIpc) is 3.45. The van der Waals surface area contributed by atoms with Crippen LogP contribution in [0.5, 0.6) is 0 Å². The molecular weight excluding hydrogens is 392 g/mol. The van der Waals surface area contributed by atoms with Crippen LogP contribution in [-0.2, 0) is 10.5 Å². The fourth-order valence-corrected chi connectivity index (χ4v) is 3.50. The molecule has 1 fully saturated rings. The van der Waals surface area contributed by atoms with E-state index in [-0.39, 0.29) is 0 Å². The maximum Gasteiger partial charge on any atom is 0.266 e. The van der Waals surface area contributed by atoms with E-state index in [0.29, 0.717) is 47.9 Å². The Bertz CT molecular complexity index is 1150. The van der Waals surface area contributed by atoms with Crippen LogP contribution in [0.2, 0.25) is 0 Å². The smallest absolute Gasteiger partial charge is 0.266 e. The van der Waals surface area contributed by atoms with Crippen LogP contribution >= 0.6 is 12.6 Å². The molecule has 0 aromatic carbocycles. The lowest BCUT2D eigenvalue weighted by Crippen LogP contribution is -2.37. The maximum atomic E-state index is 5.59. The standard InChI is InChI=1S/C18H18N8O2S/c1-11-23-24-17(28-11)13-8-12(9-29)14-15(20-13)16(25-4-6-27-7-5-25)22-18(21-14)26-3-2-19-10-26/h2-3,8,10,29H,4-7,9H2,1H3. The second kappa shape index (κ2) is 7.41. The van der Waals surface area contributed by atoms with Crippen molar-refractivity contribution < 1.29 is 9.15 Å². The number of thiol groups is 1. The van der Waals surface area contributed by atoms with Gasteiger partial charge in [0.1, 0.15) is 23.1 Å². The highest BCUT2D eigenvalue weighted by atomic mass is 32.1. The summed E-state index contributed by atoms with van der Waals surface area (Å²) < 4.78 is 12.9. The van der Waals surface area contributed by atoms with Crippen LogP contribution < -0.4 is 4.90 Å². The number of aryl methyl sites for hydroxylation is 1. The molecule has 1 aliphatic heterocycles. The molecule has 0 aliphatic carbocycles. The Balaban J connectivity index is 1.77. The third-order valence-electron chi connectivity index (χ3n) is 4.66. The molecule has 0 saturated carbocycles. The molecule has 4 aromatic heterocycles. The Kier molecular flexibility index (Phi) is 4.60. The Morgan fingerprint density at radius 3 is 2.66 bits per heavy atom. The fraction of sp³-hybridized carbons (Fsp3) is 0.333. The van der Waals surface area contributed by atoms with Gasteiger partial charge in [0.15, 0.2) is 5.82 Å². The third kappa shape index (κ3) is 3.32. The molecule has 10 nitrogen and oxygen atoms in total. The zero-order valence-corrected chi connectivity index (χ0v) is 16.6. The number of ether oxygens (including phenoxy) is 1. The first-order valence-electron chi connectivity index (χ1n) is 9.17. The number of aromatic nitrogens is 7. The molecule has 0 atom stereocenters. The monoisotopic (exact) mass is 410 g/mol. The summed E-state index contributed by atoms with van der Waals surface area (Å²) in [5.41, 5.74) is 2.89. The number of anilines is 1. The number of hydrogen-bond donors (Lipinski definition) is 1. The number of pyridine rings is 1. The Hall–Kier alpha value is -3.05. The van der Waals surface area contributed by atoms with Crippen LogP contribution in [-0.4, -0.2) is 61.0 Å². The van der Waals surface area contributed by atoms with Crippen LogP contribution in [0.25, 0.3) is 28.6 Å². The summed E-state index contributed by atoms with van der Waals surface area (Å²) in [5.74, 6) is 2.58. The van der Waals surface area contributed by atoms with Gasteiger partial charge in [-0.3, -0.25) is 4.57 Å². The lowest BCUT2D eigenvalue weighted by atomic mass is 10.2. The molecule has 29 heavy (non-hydrogen) atoms. The van der Waals surface area contributed by atoms with Gasteiger partial charge in [0.2, 0.25) is 11.8 Å². The lowest BCUT2D eigenvalue weighted by molar-refractivity contribution is 0.122. The third-order valence-corrected chi connectivity index (χ3v) is 5.00. The highest BCUT2D eigenvalue weighted by molar-refractivity contribution is 7.79. The summed E-state index contributed by atoms with van der Waals surface area (Å²) in [4.78, 5) is 20.6. The average molecular weight is 410 g/mol. The quantitative estimate of drug-likeness (QED) is 0.504. The molecule has 4 aromatic rings. The minimum Gasteiger partial charge on any atom is -0.420 e. The summed E-state index contributed by atoms with van der Waals surface area (Å²) in [7, 11) is 0. The molecule has 0 amide bonds. The Morgan fingerprint density at radius 1 is 1.10 bits per heavy atom. The summed E-state index contributed by atoms with van der Waals surface area (Å²) in [6, 6.07) is 1.88. The first-order valence-corrected chi connectivity index (χ1v) is 9.80. The van der Waals surface area contributed by atoms with Gasteiger partial charge in [0.05, 0.1) is 13.2 Å². The van der Waals surface area contributed by atoms with Gasteiger partial charge < -0.3 is 14.1 Å². The molecular formula is C18H18N8O2S. The molecule has 11 heteroatoms. The van der Waals surface area contributed by atoms with E-state index in [1.807, 2.05) is 12.3 Å². The fourth-order valence-electron chi connectivity index (χ4n) is 3.26. The number of nitrogens with zero attached hydrogens (tertiary/aromatic N) is 8. The van der Waals surface area contributed by atoms with Crippen molar-refractivity contribution >= 4 is 29.5 Å². The van der Waals surface area contributed by atoms with Crippen LogP contribution in [0.4, 0.5) is 5.82 Å². The minimum atomic E-state index is 0.360. The predicted octanol–water partition coefficient (Wildman–Crippen LogP) is 1.84. The van der Waals surface area contributed by atoms with Crippen molar-refractivity contribution in [2.24, 2.45) is 0 Å². The molecule has 0 radical (unpaired) electrons. The van der Waals surface area contributed by atoms with Crippen molar-refractivity contribution in [3.63, 3.8) is 0 Å². The molecule has 0 unspecified atom stereocenters. The van der Waals surface area contributed by atoms with Crippen LogP contribution in [0, 0.1) is 6.92 Å². The van der Waals surface area contributed by atoms with Crippen LogP contribution in [0.3, 0.4) is 0 Å². The van der Waals surface area contributed by atoms with E-state index in [1.165, 1.54) is 0 Å². The van der Waals surface area contributed by atoms with Crippen molar-refractivity contribution in [2.45, 2.75) is 12.7 Å². The van der Waals surface area contributed by atoms with Crippen molar-refractivity contribution in [1.82, 2.24) is 34.7 Å². The zero-order valence-electron chi connectivity index (χ0n) is 15.7. The molecule has 0 N–H and O–H groups in total. The van der Waals surface area contributed by atoms with Gasteiger partial charge in [-0.2, -0.15) is 17.6 Å². The first kappa shape index (κ1) is 18.0. The van der Waals surface area contributed by atoms with Gasteiger partial charge in [0.25, 0.3) is 5.89 Å². The number of morpholine rings is 1. The van der Waals surface area contributed by atoms with E-state index in [9.17, 15) is 0 Å². The van der Waals surface area contributed by atoms with Crippen molar-refractivity contribution in [1.29, 1.82) is 0 Å². The zero-order chi connectivity index (χ0) is 19.8. The van der Waals surface area contributed by atoms with E-state index in [4.69, 9.17) is 24.1 Å². The molecule has 0 bridgehead atoms. The van der Waals surface area contributed by atoms with E-state index in [1.54, 1.807) is 24.0 Å². The summed E-state index contributed by atoms with van der Waals surface area (Å²) in [6.07, 6.45) is 5.18. The molecule has 1 saturated heterocycles. The van der Waals surface area contributed by atoms with E-state index in [2.05, 4.69) is 32.7 Å². The van der Waals surface area contributed by atoms with Crippen LogP contribution in [0.15, 0.2) is 29.2 Å². The van der Waals surface area contributed by atoms with Crippen molar-refractivity contribution in [3.8, 4) is 17.5 Å². The van der Waals surface area contributed by atoms with Crippen molar-refractivity contribution in [3.05, 3.63) is 36.2 Å². The predicted molar refractivity (Wildman–Crippen MR) is 108 cm³/mol. The van der Waals surface area contributed by atoms with Gasteiger partial charge in [-0.1, -0.05) is 0 Å². The number of rotatable bonds is 4. The maximum absolute atomic E-state index is 5.59. The minimum absolute atomic E-state index is 0.360. The summed E-state index contributed by atoms with van der Waals surface area (Å²) in [6.45, 7) is 4.45. The van der Waals surface area contributed by atoms with E-state index >= 15 is 0 Å². The summed E-state index contributed by atoms with van der Waals surface area (Å²) in [5, 5.41) is 8.02. The topological polar surface area (TPSA) is 108 Å². The first-order chi connectivity index (χ1) is 14.2. The molecule has 1 aliphatic rings. The van der Waals surface area contributed by atoms with Crippen molar-refractivity contribution in [2.75, 3.05) is 31.2 Å².